The van der Waals surface area contributed by atoms with Crippen molar-refractivity contribution in [1.29, 1.82) is 0 Å². The Morgan fingerprint density at radius 2 is 2.15 bits per heavy atom. The molecule has 13 heavy (non-hydrogen) atoms. The molecule has 0 unspecified atom stereocenters. The maximum atomic E-state index is 9.43. The number of hydrogen-bond donors (Lipinski definition) is 3. The van der Waals surface area contributed by atoms with Crippen LogP contribution in [0.4, 0.5) is 0 Å². The normalized spacial score (nSPS) is 21.3. The van der Waals surface area contributed by atoms with Crippen LogP contribution in [0.15, 0.2) is 21.6 Å². The third-order valence-corrected chi connectivity index (χ3v) is 1.77. The van der Waals surface area contributed by atoms with E-state index < -0.39 is 0 Å². The van der Waals surface area contributed by atoms with E-state index in [4.69, 9.17) is 0 Å². The molecule has 0 saturated carbocycles. The molecule has 2 aliphatic rings. The maximum Gasteiger partial charge on any atom is 0.219 e. The van der Waals surface area contributed by atoms with E-state index in [-0.39, 0.29) is 0 Å². The fourth-order valence-corrected chi connectivity index (χ4v) is 1.20. The van der Waals surface area contributed by atoms with E-state index in [1.165, 1.54) is 0 Å². The molecule has 0 aromatic heterocycles. The summed E-state index contributed by atoms with van der Waals surface area (Å²) in [5.41, 5.74) is 3.54. The summed E-state index contributed by atoms with van der Waals surface area (Å²) >= 11 is 0. The second-order valence-corrected chi connectivity index (χ2v) is 2.99. The van der Waals surface area contributed by atoms with Crippen LogP contribution in [0.5, 0.6) is 0 Å². The van der Waals surface area contributed by atoms with E-state index in [0.29, 0.717) is 24.0 Å². The van der Waals surface area contributed by atoms with Gasteiger partial charge in [-0.15, -0.1) is 5.17 Å². The van der Waals surface area contributed by atoms with Gasteiger partial charge in [0.25, 0.3) is 0 Å². The highest BCUT2D eigenvalue weighted by Gasteiger charge is 2.21. The van der Waals surface area contributed by atoms with Crippen LogP contribution in [0.2, 0.25) is 0 Å². The zero-order chi connectivity index (χ0) is 9.42. The number of aliphatic imine (C=N–C) groups is 2. The molecule has 2 aliphatic heterocycles. The predicted octanol–water partition coefficient (Wildman–Crippen LogP) is -0.195. The summed E-state index contributed by atoms with van der Waals surface area (Å²) in [6.45, 7) is 4.32. The van der Waals surface area contributed by atoms with Crippen molar-refractivity contribution in [3.8, 4) is 0 Å². The highest BCUT2D eigenvalue weighted by Crippen LogP contribution is 2.15. The summed E-state index contributed by atoms with van der Waals surface area (Å²) in [7, 11) is 0. The molecular weight excluding hydrogens is 170 g/mol. The first kappa shape index (κ1) is 8.06. The third kappa shape index (κ3) is 1.35. The van der Waals surface area contributed by atoms with Gasteiger partial charge in [-0.25, -0.2) is 9.98 Å². The lowest BCUT2D eigenvalue weighted by molar-refractivity contribution is -0.0874. The predicted molar refractivity (Wildman–Crippen MR) is 48.0 cm³/mol. The average molecular weight is 181 g/mol. The Morgan fingerprint density at radius 3 is 2.92 bits per heavy atom. The van der Waals surface area contributed by atoms with E-state index in [1.807, 2.05) is 6.92 Å². The Balaban J connectivity index is 2.40. The van der Waals surface area contributed by atoms with Gasteiger partial charge >= 0.3 is 0 Å². The summed E-state index contributed by atoms with van der Waals surface area (Å²) in [5.74, 6) is 1.64. The summed E-state index contributed by atoms with van der Waals surface area (Å²) in [6, 6.07) is 0. The van der Waals surface area contributed by atoms with Crippen molar-refractivity contribution in [2.24, 2.45) is 9.98 Å². The highest BCUT2D eigenvalue weighted by atomic mass is 16.5. The minimum atomic E-state index is 0.411. The second kappa shape index (κ2) is 2.74. The Bertz CT molecular complexity index is 330. The Labute approximate surface area is 75.6 Å². The number of rotatable bonds is 0. The molecule has 70 valence electrons. The first-order valence-electron chi connectivity index (χ1n) is 4.00. The van der Waals surface area contributed by atoms with Crippen LogP contribution >= 0.6 is 0 Å². The lowest BCUT2D eigenvalue weighted by Gasteiger charge is -2.27. The first-order valence-corrected chi connectivity index (χ1v) is 4.00. The van der Waals surface area contributed by atoms with Gasteiger partial charge in [0.05, 0.1) is 6.54 Å². The lowest BCUT2D eigenvalue weighted by Crippen LogP contribution is -2.44. The van der Waals surface area contributed by atoms with Crippen LogP contribution in [0.1, 0.15) is 13.8 Å². The van der Waals surface area contributed by atoms with Gasteiger partial charge in [0.1, 0.15) is 5.84 Å². The van der Waals surface area contributed by atoms with Crippen molar-refractivity contribution in [1.82, 2.24) is 15.9 Å². The Kier molecular flexibility index (Phi) is 1.70. The molecule has 6 nitrogen and oxygen atoms in total. The maximum absolute atomic E-state index is 9.43. The Morgan fingerprint density at radius 1 is 1.38 bits per heavy atom. The molecule has 3 N–H and O–H groups in total. The van der Waals surface area contributed by atoms with Crippen LogP contribution in [0.3, 0.4) is 0 Å². The molecule has 0 spiro atoms. The molecular formula is C7H11N5O. The lowest BCUT2D eigenvalue weighted by atomic mass is 10.3. The van der Waals surface area contributed by atoms with E-state index in [1.54, 1.807) is 6.92 Å². The number of hydrazine groups is 1. The average Bonchev–Trinajstić information content (AvgIpc) is 2.06. The highest BCUT2D eigenvalue weighted by molar-refractivity contribution is 5.87. The second-order valence-electron chi connectivity index (χ2n) is 2.99. The monoisotopic (exact) mass is 181 g/mol. The summed E-state index contributed by atoms with van der Waals surface area (Å²) in [4.78, 5) is 8.31. The van der Waals surface area contributed by atoms with Gasteiger partial charge in [0.2, 0.25) is 5.82 Å². The fraction of sp³-hybridized carbons (Fsp3) is 0.429. The van der Waals surface area contributed by atoms with Gasteiger partial charge in [-0.05, 0) is 13.8 Å². The standard InChI is InChI=1S/C7H11N5O/c1-4-3-8-6-7(9-4)12(13)11-5(2)10-6/h8,13H,3H2,1-2H3,(H,10,11). The Hall–Kier alpha value is -1.56. The summed E-state index contributed by atoms with van der Waals surface area (Å²) < 4.78 is 0. The van der Waals surface area contributed by atoms with Crippen LogP contribution in [-0.4, -0.2) is 28.5 Å². The van der Waals surface area contributed by atoms with Crippen molar-refractivity contribution in [2.45, 2.75) is 13.8 Å². The fourth-order valence-electron chi connectivity index (χ4n) is 1.20. The number of nitrogens with one attached hydrogen (secondary N) is 2. The zero-order valence-corrected chi connectivity index (χ0v) is 7.50. The minimum Gasteiger partial charge on any atom is -0.362 e. The molecule has 0 amide bonds. The van der Waals surface area contributed by atoms with Crippen molar-refractivity contribution in [3.05, 3.63) is 11.6 Å². The van der Waals surface area contributed by atoms with Crippen LogP contribution < -0.4 is 10.7 Å². The molecule has 0 fully saturated rings. The van der Waals surface area contributed by atoms with Crippen molar-refractivity contribution in [2.75, 3.05) is 6.54 Å². The first-order chi connectivity index (χ1) is 6.16. The van der Waals surface area contributed by atoms with E-state index in [0.717, 1.165) is 10.9 Å². The van der Waals surface area contributed by atoms with Crippen molar-refractivity contribution < 1.29 is 5.21 Å². The summed E-state index contributed by atoms with van der Waals surface area (Å²) in [6.07, 6.45) is 0. The minimum absolute atomic E-state index is 0.411. The van der Waals surface area contributed by atoms with Gasteiger partial charge in [-0.2, -0.15) is 0 Å². The molecule has 0 aromatic rings. The topological polar surface area (TPSA) is 72.2 Å². The van der Waals surface area contributed by atoms with E-state index in [2.05, 4.69) is 20.7 Å². The molecule has 0 aromatic carbocycles. The molecule has 0 bridgehead atoms. The molecule has 0 saturated heterocycles. The number of nitrogens with zero attached hydrogens (tertiary/aromatic N) is 3. The van der Waals surface area contributed by atoms with E-state index in [9.17, 15) is 5.21 Å². The van der Waals surface area contributed by atoms with Gasteiger partial charge in [-0.3, -0.25) is 10.6 Å². The number of amidine groups is 1. The third-order valence-electron chi connectivity index (χ3n) is 1.77. The smallest absolute Gasteiger partial charge is 0.219 e. The molecule has 0 aliphatic carbocycles. The molecule has 2 rings (SSSR count). The molecule has 2 heterocycles. The molecule has 0 atom stereocenters. The van der Waals surface area contributed by atoms with Crippen LogP contribution in [0.25, 0.3) is 0 Å². The van der Waals surface area contributed by atoms with E-state index >= 15 is 0 Å². The van der Waals surface area contributed by atoms with Crippen LogP contribution in [-0.2, 0) is 0 Å². The van der Waals surface area contributed by atoms with Gasteiger partial charge in [0.15, 0.2) is 5.82 Å². The number of hydrogen-bond acceptors (Lipinski definition) is 6. The van der Waals surface area contributed by atoms with Gasteiger partial charge in [-0.1, -0.05) is 0 Å². The molecule has 6 heteroatoms. The summed E-state index contributed by atoms with van der Waals surface area (Å²) in [5, 5.41) is 13.3. The van der Waals surface area contributed by atoms with Crippen LogP contribution in [0, 0.1) is 0 Å². The number of hydroxylamine groups is 1. The van der Waals surface area contributed by atoms with Crippen molar-refractivity contribution >= 4 is 11.5 Å². The van der Waals surface area contributed by atoms with Crippen molar-refractivity contribution in [3.63, 3.8) is 0 Å². The molecule has 0 radical (unpaired) electrons. The van der Waals surface area contributed by atoms with Gasteiger partial charge in [0, 0.05) is 5.71 Å². The quantitative estimate of drug-likeness (QED) is 0.484. The van der Waals surface area contributed by atoms with Gasteiger partial charge < -0.3 is 5.32 Å². The zero-order valence-electron chi connectivity index (χ0n) is 7.50. The SMILES string of the molecule is CC1=NC2=C(N=C(C)NN2O)NC1. The largest absolute Gasteiger partial charge is 0.362 e.